The predicted octanol–water partition coefficient (Wildman–Crippen LogP) is 2.16. The van der Waals surface area contributed by atoms with Crippen molar-refractivity contribution in [3.05, 3.63) is 0 Å². The third-order valence-corrected chi connectivity index (χ3v) is 8.51. The van der Waals surface area contributed by atoms with Crippen LogP contribution < -0.4 is 5.32 Å². The highest BCUT2D eigenvalue weighted by atomic mass is 127. The van der Waals surface area contributed by atoms with E-state index < -0.39 is 20.2 Å². The number of hydrogen-bond acceptors (Lipinski definition) is 4. The van der Waals surface area contributed by atoms with E-state index in [9.17, 15) is 13.5 Å². The van der Waals surface area contributed by atoms with Crippen molar-refractivity contribution in [3.63, 3.8) is 0 Å². The van der Waals surface area contributed by atoms with E-state index in [-0.39, 0.29) is 29.7 Å². The van der Waals surface area contributed by atoms with E-state index in [1.807, 2.05) is 13.8 Å². The first-order valence-corrected chi connectivity index (χ1v) is 10.9. The molecule has 148 valence electrons. The largest absolute Gasteiger partial charge is 0.388 e. The molecule has 1 aliphatic carbocycles. The van der Waals surface area contributed by atoms with Crippen molar-refractivity contribution in [2.45, 2.75) is 69.1 Å². The first kappa shape index (κ1) is 23.0. The van der Waals surface area contributed by atoms with Crippen LogP contribution in [0.3, 0.4) is 0 Å². The van der Waals surface area contributed by atoms with Gasteiger partial charge in [0.25, 0.3) is 0 Å². The second-order valence-electron chi connectivity index (χ2n) is 7.32. The van der Waals surface area contributed by atoms with Gasteiger partial charge in [-0.05, 0) is 25.7 Å². The standard InChI is InChI=1S/C17H33N3O3S.HI/c1-4-16(21,5-2)13-19-15(18-3)20-11-12-24(22,23)17(14-20)9-7-6-8-10-17;/h21H,4-14H2,1-3H3,(H,18,19);1H. The van der Waals surface area contributed by atoms with E-state index >= 15 is 0 Å². The van der Waals surface area contributed by atoms with E-state index in [2.05, 4.69) is 15.2 Å². The number of guanidine groups is 1. The van der Waals surface area contributed by atoms with Gasteiger partial charge in [0.2, 0.25) is 0 Å². The Morgan fingerprint density at radius 2 is 1.84 bits per heavy atom. The quantitative estimate of drug-likeness (QED) is 0.361. The summed E-state index contributed by atoms with van der Waals surface area (Å²) in [5, 5.41) is 13.7. The van der Waals surface area contributed by atoms with Crippen LogP contribution in [0.15, 0.2) is 4.99 Å². The summed E-state index contributed by atoms with van der Waals surface area (Å²) in [6, 6.07) is 0. The van der Waals surface area contributed by atoms with Crippen molar-refractivity contribution < 1.29 is 13.5 Å². The minimum atomic E-state index is -3.05. The van der Waals surface area contributed by atoms with Crippen molar-refractivity contribution >= 4 is 39.8 Å². The van der Waals surface area contributed by atoms with Gasteiger partial charge in [-0.3, -0.25) is 4.99 Å². The molecule has 1 aliphatic heterocycles. The molecule has 2 rings (SSSR count). The Labute approximate surface area is 169 Å². The maximum Gasteiger partial charge on any atom is 0.193 e. The van der Waals surface area contributed by atoms with Crippen molar-refractivity contribution in [1.29, 1.82) is 0 Å². The van der Waals surface area contributed by atoms with Crippen LogP contribution in [0.25, 0.3) is 0 Å². The highest BCUT2D eigenvalue weighted by Crippen LogP contribution is 2.38. The van der Waals surface area contributed by atoms with E-state index in [0.29, 0.717) is 38.4 Å². The van der Waals surface area contributed by atoms with Crippen LogP contribution in [-0.2, 0) is 9.84 Å². The zero-order chi connectivity index (χ0) is 17.8. The molecule has 6 nitrogen and oxygen atoms in total. The van der Waals surface area contributed by atoms with Crippen LogP contribution in [0.2, 0.25) is 0 Å². The number of sulfone groups is 1. The average Bonchev–Trinajstić information content (AvgIpc) is 2.59. The van der Waals surface area contributed by atoms with Gasteiger partial charge in [-0.15, -0.1) is 24.0 Å². The summed E-state index contributed by atoms with van der Waals surface area (Å²) in [6.45, 7) is 5.37. The first-order valence-electron chi connectivity index (χ1n) is 9.22. The molecule has 1 saturated carbocycles. The molecule has 0 aromatic heterocycles. The molecule has 0 radical (unpaired) electrons. The Morgan fingerprint density at radius 3 is 2.36 bits per heavy atom. The smallest absolute Gasteiger partial charge is 0.193 e. The number of nitrogens with zero attached hydrogens (tertiary/aromatic N) is 2. The zero-order valence-electron chi connectivity index (χ0n) is 15.8. The SMILES string of the molecule is CCC(O)(CC)CNC(=NC)N1CCS(=O)(=O)C2(CCCCC2)C1.I. The van der Waals surface area contributed by atoms with Crippen LogP contribution >= 0.6 is 24.0 Å². The maximum atomic E-state index is 12.7. The minimum absolute atomic E-state index is 0. The molecule has 0 aromatic carbocycles. The molecule has 1 saturated heterocycles. The summed E-state index contributed by atoms with van der Waals surface area (Å²) in [5.41, 5.74) is -0.750. The van der Waals surface area contributed by atoms with Gasteiger partial charge < -0.3 is 15.3 Å². The van der Waals surface area contributed by atoms with Crippen LogP contribution in [-0.4, -0.2) is 67.2 Å². The Bertz CT molecular complexity index is 555. The fraction of sp³-hybridized carbons (Fsp3) is 0.941. The zero-order valence-corrected chi connectivity index (χ0v) is 18.9. The van der Waals surface area contributed by atoms with Gasteiger partial charge in [-0.2, -0.15) is 0 Å². The summed E-state index contributed by atoms with van der Waals surface area (Å²) in [4.78, 5) is 6.40. The van der Waals surface area contributed by atoms with Gasteiger partial charge in [0.1, 0.15) is 0 Å². The van der Waals surface area contributed by atoms with Crippen molar-refractivity contribution in [2.75, 3.05) is 32.4 Å². The summed E-state index contributed by atoms with van der Waals surface area (Å²) in [7, 11) is -1.33. The summed E-state index contributed by atoms with van der Waals surface area (Å²) >= 11 is 0. The van der Waals surface area contributed by atoms with Gasteiger partial charge in [-0.1, -0.05) is 33.1 Å². The lowest BCUT2D eigenvalue weighted by Gasteiger charge is -2.45. The number of aliphatic imine (C=N–C) groups is 1. The number of nitrogens with one attached hydrogen (secondary N) is 1. The summed E-state index contributed by atoms with van der Waals surface area (Å²) < 4.78 is 24.8. The second kappa shape index (κ2) is 9.21. The fourth-order valence-corrected chi connectivity index (χ4v) is 6.05. The number of hydrogen-bond donors (Lipinski definition) is 2. The first-order chi connectivity index (χ1) is 11.3. The van der Waals surface area contributed by atoms with E-state index in [4.69, 9.17) is 0 Å². The van der Waals surface area contributed by atoms with Crippen LogP contribution in [0.4, 0.5) is 0 Å². The predicted molar refractivity (Wildman–Crippen MR) is 113 cm³/mol. The summed E-state index contributed by atoms with van der Waals surface area (Å²) in [5.74, 6) is 0.898. The average molecular weight is 487 g/mol. The molecule has 2 fully saturated rings. The monoisotopic (exact) mass is 487 g/mol. The molecular formula is C17H34IN3O3S. The van der Waals surface area contributed by atoms with E-state index in [0.717, 1.165) is 32.1 Å². The molecule has 8 heteroatoms. The second-order valence-corrected chi connectivity index (χ2v) is 9.82. The molecule has 0 unspecified atom stereocenters. The molecule has 1 spiro atoms. The third-order valence-electron chi connectivity index (χ3n) is 5.94. The fourth-order valence-electron chi connectivity index (χ4n) is 3.89. The minimum Gasteiger partial charge on any atom is -0.388 e. The number of aliphatic hydroxyl groups is 1. The molecular weight excluding hydrogens is 453 g/mol. The topological polar surface area (TPSA) is 82.0 Å². The van der Waals surface area contributed by atoms with Crippen molar-refractivity contribution in [2.24, 2.45) is 4.99 Å². The number of halogens is 1. The maximum absolute atomic E-state index is 12.7. The van der Waals surface area contributed by atoms with E-state index in [1.165, 1.54) is 0 Å². The highest BCUT2D eigenvalue weighted by Gasteiger charge is 2.48. The van der Waals surface area contributed by atoms with Crippen LogP contribution in [0.1, 0.15) is 58.8 Å². The van der Waals surface area contributed by atoms with Crippen molar-refractivity contribution in [1.82, 2.24) is 10.2 Å². The molecule has 2 aliphatic rings. The highest BCUT2D eigenvalue weighted by molar-refractivity contribution is 14.0. The summed E-state index contributed by atoms with van der Waals surface area (Å²) in [6.07, 6.45) is 5.98. The lowest BCUT2D eigenvalue weighted by atomic mass is 9.87. The van der Waals surface area contributed by atoms with Gasteiger partial charge in [0, 0.05) is 26.7 Å². The Hall–Kier alpha value is -0.0900. The Balaban J connectivity index is 0.00000312. The molecule has 0 amide bonds. The van der Waals surface area contributed by atoms with Gasteiger partial charge >= 0.3 is 0 Å². The normalized spacial score (nSPS) is 23.2. The molecule has 25 heavy (non-hydrogen) atoms. The van der Waals surface area contributed by atoms with E-state index in [1.54, 1.807) is 7.05 Å². The van der Waals surface area contributed by atoms with Gasteiger partial charge in [0.05, 0.1) is 16.1 Å². The Morgan fingerprint density at radius 1 is 1.24 bits per heavy atom. The number of rotatable bonds is 4. The molecule has 1 heterocycles. The van der Waals surface area contributed by atoms with Crippen LogP contribution in [0, 0.1) is 0 Å². The molecule has 0 bridgehead atoms. The lowest BCUT2D eigenvalue weighted by molar-refractivity contribution is 0.0361. The Kier molecular flexibility index (Phi) is 8.46. The van der Waals surface area contributed by atoms with Gasteiger partial charge in [-0.25, -0.2) is 8.42 Å². The molecule has 0 atom stereocenters. The lowest BCUT2D eigenvalue weighted by Crippen LogP contribution is -2.61. The van der Waals surface area contributed by atoms with Crippen LogP contribution in [0.5, 0.6) is 0 Å². The molecule has 2 N–H and O–H groups in total. The van der Waals surface area contributed by atoms with Gasteiger partial charge in [0.15, 0.2) is 15.8 Å². The van der Waals surface area contributed by atoms with Crippen molar-refractivity contribution in [3.8, 4) is 0 Å². The molecule has 0 aromatic rings. The third kappa shape index (κ3) is 5.00.